The molecule has 0 aliphatic carbocycles. The number of rotatable bonds is 6. The van der Waals surface area contributed by atoms with Gasteiger partial charge in [0.25, 0.3) is 5.56 Å². The molecule has 3 rings (SSSR count). The van der Waals surface area contributed by atoms with E-state index >= 15 is 0 Å². The third-order valence-corrected chi connectivity index (χ3v) is 4.83. The Hall–Kier alpha value is -2.47. The molecule has 0 radical (unpaired) electrons. The van der Waals surface area contributed by atoms with Gasteiger partial charge in [-0.15, -0.1) is 11.3 Å². The second-order valence-electron chi connectivity index (χ2n) is 6.48. The van der Waals surface area contributed by atoms with Gasteiger partial charge >= 0.3 is 0 Å². The third-order valence-electron chi connectivity index (χ3n) is 4.01. The number of aromatic nitrogens is 2. The lowest BCUT2D eigenvalue weighted by molar-refractivity contribution is -0.122. The Bertz CT molecular complexity index is 915. The van der Waals surface area contributed by atoms with Crippen molar-refractivity contribution < 1.29 is 4.79 Å². The van der Waals surface area contributed by atoms with E-state index in [-0.39, 0.29) is 24.1 Å². The van der Waals surface area contributed by atoms with Crippen LogP contribution in [0.15, 0.2) is 52.9 Å². The minimum Gasteiger partial charge on any atom is -0.348 e. The van der Waals surface area contributed by atoms with Gasteiger partial charge in [-0.05, 0) is 29.3 Å². The van der Waals surface area contributed by atoms with Crippen molar-refractivity contribution in [3.05, 3.63) is 64.0 Å². The van der Waals surface area contributed by atoms with Crippen molar-refractivity contribution in [2.24, 2.45) is 5.92 Å². The summed E-state index contributed by atoms with van der Waals surface area (Å²) in [5.74, 6) is 0.255. The molecule has 0 aliphatic rings. The fourth-order valence-corrected chi connectivity index (χ4v) is 3.56. The Morgan fingerprint density at radius 3 is 2.72 bits per heavy atom. The molecule has 1 amide bonds. The molecule has 0 spiro atoms. The maximum Gasteiger partial charge on any atom is 0.262 e. The molecule has 1 atom stereocenters. The highest BCUT2D eigenvalue weighted by Crippen LogP contribution is 2.21. The average molecular weight is 355 g/mol. The number of fused-ring (bicyclic) bond motifs is 1. The summed E-state index contributed by atoms with van der Waals surface area (Å²) in [7, 11) is 0. The molecule has 0 fully saturated rings. The summed E-state index contributed by atoms with van der Waals surface area (Å²) in [6, 6.07) is 11.6. The molecule has 2 aromatic heterocycles. The van der Waals surface area contributed by atoms with Gasteiger partial charge in [0.2, 0.25) is 5.91 Å². The zero-order valence-electron chi connectivity index (χ0n) is 14.3. The van der Waals surface area contributed by atoms with Crippen LogP contribution in [0.1, 0.15) is 31.9 Å². The van der Waals surface area contributed by atoms with E-state index in [1.807, 2.05) is 35.7 Å². The molecule has 25 heavy (non-hydrogen) atoms. The zero-order valence-corrected chi connectivity index (χ0v) is 15.1. The molecule has 0 saturated heterocycles. The fourth-order valence-electron chi connectivity index (χ4n) is 2.84. The van der Waals surface area contributed by atoms with Crippen molar-refractivity contribution in [3.63, 3.8) is 0 Å². The first-order valence-corrected chi connectivity index (χ1v) is 9.19. The first-order valence-electron chi connectivity index (χ1n) is 8.31. The van der Waals surface area contributed by atoms with Crippen molar-refractivity contribution in [3.8, 4) is 0 Å². The summed E-state index contributed by atoms with van der Waals surface area (Å²) in [5, 5.41) is 5.45. The van der Waals surface area contributed by atoms with Crippen LogP contribution in [0.3, 0.4) is 0 Å². The molecular weight excluding hydrogens is 334 g/mol. The van der Waals surface area contributed by atoms with Crippen molar-refractivity contribution in [1.29, 1.82) is 0 Å². The summed E-state index contributed by atoms with van der Waals surface area (Å²) < 4.78 is 1.36. The van der Waals surface area contributed by atoms with Gasteiger partial charge in [0.15, 0.2) is 0 Å². The van der Waals surface area contributed by atoms with Crippen LogP contribution >= 0.6 is 11.3 Å². The van der Waals surface area contributed by atoms with Crippen LogP contribution in [-0.2, 0) is 11.3 Å². The third kappa shape index (κ3) is 4.14. The largest absolute Gasteiger partial charge is 0.348 e. The van der Waals surface area contributed by atoms with E-state index in [1.165, 1.54) is 22.2 Å². The van der Waals surface area contributed by atoms with Crippen LogP contribution in [0.2, 0.25) is 0 Å². The molecule has 3 aromatic rings. The predicted octanol–water partition coefficient (Wildman–Crippen LogP) is 3.36. The number of nitrogens with one attached hydrogen (secondary N) is 1. The SMILES string of the molecule is CC(C)C[C@@H](NC(=O)Cn1cnc2sccc2c1=O)c1ccccc1. The second kappa shape index (κ2) is 7.61. The molecule has 0 bridgehead atoms. The van der Waals surface area contributed by atoms with Gasteiger partial charge in [0, 0.05) is 0 Å². The smallest absolute Gasteiger partial charge is 0.262 e. The maximum absolute atomic E-state index is 12.5. The van der Waals surface area contributed by atoms with E-state index < -0.39 is 0 Å². The first-order chi connectivity index (χ1) is 12.0. The van der Waals surface area contributed by atoms with Crippen molar-refractivity contribution in [2.75, 3.05) is 0 Å². The standard InChI is InChI=1S/C19H21N3O2S/c1-13(2)10-16(14-6-4-3-5-7-14)21-17(23)11-22-12-20-18-15(19(22)24)8-9-25-18/h3-9,12-13,16H,10-11H2,1-2H3,(H,21,23)/t16-/m1/s1. The Kier molecular flexibility index (Phi) is 5.28. The lowest BCUT2D eigenvalue weighted by atomic mass is 9.97. The predicted molar refractivity (Wildman–Crippen MR) is 101 cm³/mol. The maximum atomic E-state index is 12.5. The fraction of sp³-hybridized carbons (Fsp3) is 0.316. The van der Waals surface area contributed by atoms with E-state index in [9.17, 15) is 9.59 Å². The summed E-state index contributed by atoms with van der Waals surface area (Å²) in [5.41, 5.74) is 0.893. The molecule has 5 nitrogen and oxygen atoms in total. The molecule has 130 valence electrons. The van der Waals surface area contributed by atoms with Crippen LogP contribution in [-0.4, -0.2) is 15.5 Å². The van der Waals surface area contributed by atoms with Crippen LogP contribution < -0.4 is 10.9 Å². The topological polar surface area (TPSA) is 64.0 Å². The summed E-state index contributed by atoms with van der Waals surface area (Å²) >= 11 is 1.42. The number of nitrogens with zero attached hydrogens (tertiary/aromatic N) is 2. The van der Waals surface area contributed by atoms with Gasteiger partial charge in [-0.3, -0.25) is 14.2 Å². The number of hydrogen-bond donors (Lipinski definition) is 1. The molecule has 1 aromatic carbocycles. The van der Waals surface area contributed by atoms with Gasteiger partial charge in [-0.25, -0.2) is 4.98 Å². The number of carbonyl (C=O) groups is 1. The minimum atomic E-state index is -0.187. The van der Waals surface area contributed by atoms with Gasteiger partial charge in [-0.1, -0.05) is 44.2 Å². The highest BCUT2D eigenvalue weighted by molar-refractivity contribution is 7.16. The lowest BCUT2D eigenvalue weighted by Crippen LogP contribution is -2.35. The van der Waals surface area contributed by atoms with Gasteiger partial charge in [0.1, 0.15) is 11.4 Å². The Morgan fingerprint density at radius 1 is 1.24 bits per heavy atom. The van der Waals surface area contributed by atoms with Crippen LogP contribution in [0.25, 0.3) is 10.2 Å². The van der Waals surface area contributed by atoms with Crippen molar-refractivity contribution >= 4 is 27.5 Å². The first kappa shape index (κ1) is 17.4. The number of benzene rings is 1. The molecular formula is C19H21N3O2S. The molecule has 6 heteroatoms. The highest BCUT2D eigenvalue weighted by Gasteiger charge is 2.17. The van der Waals surface area contributed by atoms with E-state index in [4.69, 9.17) is 0 Å². The van der Waals surface area contributed by atoms with E-state index in [1.54, 1.807) is 6.07 Å². The van der Waals surface area contributed by atoms with Gasteiger partial charge in [0.05, 0.1) is 17.8 Å². The molecule has 0 unspecified atom stereocenters. The molecule has 0 saturated carbocycles. The molecule has 2 heterocycles. The number of hydrogen-bond acceptors (Lipinski definition) is 4. The Labute approximate surface area is 150 Å². The minimum absolute atomic E-state index is 0.0287. The highest BCUT2D eigenvalue weighted by atomic mass is 32.1. The summed E-state index contributed by atoms with van der Waals surface area (Å²) in [6.07, 6.45) is 2.28. The zero-order chi connectivity index (χ0) is 17.8. The Balaban J connectivity index is 1.76. The number of amides is 1. The number of thiophene rings is 1. The van der Waals surface area contributed by atoms with Gasteiger partial charge < -0.3 is 5.32 Å². The van der Waals surface area contributed by atoms with E-state index in [0.29, 0.717) is 16.1 Å². The molecule has 1 N–H and O–H groups in total. The lowest BCUT2D eigenvalue weighted by Gasteiger charge is -2.21. The summed E-state index contributed by atoms with van der Waals surface area (Å²) in [6.45, 7) is 4.22. The van der Waals surface area contributed by atoms with E-state index in [0.717, 1.165) is 12.0 Å². The number of carbonyl (C=O) groups excluding carboxylic acids is 1. The monoisotopic (exact) mass is 355 g/mol. The van der Waals surface area contributed by atoms with E-state index in [2.05, 4.69) is 24.1 Å². The van der Waals surface area contributed by atoms with Crippen molar-refractivity contribution in [2.45, 2.75) is 32.9 Å². The van der Waals surface area contributed by atoms with Crippen molar-refractivity contribution in [1.82, 2.24) is 14.9 Å². The Morgan fingerprint density at radius 2 is 2.00 bits per heavy atom. The molecule has 0 aliphatic heterocycles. The van der Waals surface area contributed by atoms with Crippen LogP contribution in [0.5, 0.6) is 0 Å². The normalized spacial score (nSPS) is 12.4. The van der Waals surface area contributed by atoms with Gasteiger partial charge in [-0.2, -0.15) is 0 Å². The quantitative estimate of drug-likeness (QED) is 0.737. The van der Waals surface area contributed by atoms with Crippen LogP contribution in [0.4, 0.5) is 0 Å². The second-order valence-corrected chi connectivity index (χ2v) is 7.37. The van der Waals surface area contributed by atoms with Crippen LogP contribution in [0, 0.1) is 5.92 Å². The summed E-state index contributed by atoms with van der Waals surface area (Å²) in [4.78, 5) is 29.9. The average Bonchev–Trinajstić information content (AvgIpc) is 3.07.